The van der Waals surface area contributed by atoms with Crippen LogP contribution in [0.4, 0.5) is 5.69 Å². The van der Waals surface area contributed by atoms with Crippen LogP contribution < -0.4 is 10.6 Å². The predicted molar refractivity (Wildman–Crippen MR) is 111 cm³/mol. The van der Waals surface area contributed by atoms with Crippen LogP contribution in [-0.2, 0) is 11.8 Å². The van der Waals surface area contributed by atoms with Gasteiger partial charge in [-0.1, -0.05) is 12.0 Å². The molecule has 28 heavy (non-hydrogen) atoms. The molecule has 1 unspecified atom stereocenters. The van der Waals surface area contributed by atoms with Crippen molar-refractivity contribution in [3.05, 3.63) is 47.8 Å². The number of aliphatic imine (C=N–C) groups is 1. The van der Waals surface area contributed by atoms with E-state index >= 15 is 0 Å². The number of hydrogen-bond donors (Lipinski definition) is 2. The minimum absolute atomic E-state index is 0.0523. The van der Waals surface area contributed by atoms with E-state index in [1.54, 1.807) is 6.07 Å². The van der Waals surface area contributed by atoms with Gasteiger partial charge in [0.05, 0.1) is 6.20 Å². The zero-order valence-electron chi connectivity index (χ0n) is 16.4. The minimum Gasteiger partial charge on any atom is -0.357 e. The third-order valence-electron chi connectivity index (χ3n) is 4.70. The van der Waals surface area contributed by atoms with Gasteiger partial charge in [0.2, 0.25) is 5.91 Å². The van der Waals surface area contributed by atoms with Crippen molar-refractivity contribution in [2.24, 2.45) is 12.0 Å². The quantitative estimate of drug-likeness (QED) is 0.473. The number of benzene rings is 1. The van der Waals surface area contributed by atoms with Crippen LogP contribution in [0.3, 0.4) is 0 Å². The lowest BCUT2D eigenvalue weighted by Gasteiger charge is -2.21. The Hall–Kier alpha value is -3.27. The summed E-state index contributed by atoms with van der Waals surface area (Å²) in [5.74, 6) is 3.58. The molecule has 1 aliphatic rings. The Labute approximate surface area is 165 Å². The molecule has 7 nitrogen and oxygen atoms in total. The maximum atomic E-state index is 12.3. The number of terminal acetylenes is 1. The minimum atomic E-state index is -0.174. The smallest absolute Gasteiger partial charge is 0.246 e. The molecular weight excluding hydrogens is 352 g/mol. The Morgan fingerprint density at radius 3 is 3.04 bits per heavy atom. The zero-order valence-corrected chi connectivity index (χ0v) is 16.4. The van der Waals surface area contributed by atoms with Gasteiger partial charge < -0.3 is 15.5 Å². The fraction of sp³-hybridized carbons (Fsp3) is 0.381. The summed E-state index contributed by atoms with van der Waals surface area (Å²) in [4.78, 5) is 19.0. The molecule has 1 aromatic carbocycles. The number of carbonyl (C=O) groups excluding carboxylic acids is 1. The highest BCUT2D eigenvalue weighted by molar-refractivity contribution is 5.94. The van der Waals surface area contributed by atoms with Crippen molar-refractivity contribution in [3.8, 4) is 12.3 Å². The second kappa shape index (κ2) is 9.09. The highest BCUT2D eigenvalue weighted by Crippen LogP contribution is 2.26. The molecule has 1 saturated heterocycles. The number of hydrogen-bond acceptors (Lipinski definition) is 3. The molecule has 0 radical (unpaired) electrons. The largest absolute Gasteiger partial charge is 0.357 e. The SMILES string of the molecule is C#Cc1cccc(NC(=O)CN=C(NCC)N2CCC(c3cnn(C)c3)C2)c1. The number of anilines is 1. The summed E-state index contributed by atoms with van der Waals surface area (Å²) in [5, 5.41) is 10.4. The Bertz CT molecular complexity index is 894. The number of nitrogens with zero attached hydrogens (tertiary/aromatic N) is 4. The van der Waals surface area contributed by atoms with Crippen LogP contribution in [0.5, 0.6) is 0 Å². The molecule has 7 heteroatoms. The van der Waals surface area contributed by atoms with E-state index in [9.17, 15) is 4.79 Å². The first-order valence-corrected chi connectivity index (χ1v) is 9.47. The van der Waals surface area contributed by atoms with Crippen LogP contribution in [0.2, 0.25) is 0 Å². The summed E-state index contributed by atoms with van der Waals surface area (Å²) in [7, 11) is 1.93. The molecule has 3 rings (SSSR count). The van der Waals surface area contributed by atoms with Gasteiger partial charge in [0.1, 0.15) is 6.54 Å². The van der Waals surface area contributed by atoms with Gasteiger partial charge in [0.25, 0.3) is 0 Å². The van der Waals surface area contributed by atoms with Crippen LogP contribution in [0.1, 0.15) is 30.4 Å². The third-order valence-corrected chi connectivity index (χ3v) is 4.70. The lowest BCUT2D eigenvalue weighted by Crippen LogP contribution is -2.40. The normalized spacial score (nSPS) is 16.7. The summed E-state index contributed by atoms with van der Waals surface area (Å²) in [6.07, 6.45) is 10.4. The number of amides is 1. The van der Waals surface area contributed by atoms with E-state index in [0.29, 0.717) is 11.6 Å². The average molecular weight is 378 g/mol. The van der Waals surface area contributed by atoms with Crippen molar-refractivity contribution < 1.29 is 4.79 Å². The van der Waals surface area contributed by atoms with E-state index in [2.05, 4.69) is 37.7 Å². The summed E-state index contributed by atoms with van der Waals surface area (Å²) < 4.78 is 1.83. The van der Waals surface area contributed by atoms with E-state index in [1.807, 2.05) is 43.0 Å². The van der Waals surface area contributed by atoms with Crippen LogP contribution >= 0.6 is 0 Å². The second-order valence-electron chi connectivity index (χ2n) is 6.82. The highest BCUT2D eigenvalue weighted by Gasteiger charge is 2.27. The van der Waals surface area contributed by atoms with Crippen molar-refractivity contribution in [3.63, 3.8) is 0 Å². The number of aryl methyl sites for hydroxylation is 1. The standard InChI is InChI=1S/C21H26N6O/c1-4-16-7-6-8-19(11-16)25-20(28)13-23-21(22-5-2)27-10-9-17(15-27)18-12-24-26(3)14-18/h1,6-8,11-12,14,17H,5,9-10,13,15H2,2-3H3,(H,22,23)(H,25,28). The molecule has 0 spiro atoms. The molecule has 0 bridgehead atoms. The number of rotatable bonds is 5. The van der Waals surface area contributed by atoms with Gasteiger partial charge in [-0.15, -0.1) is 6.42 Å². The molecular formula is C21H26N6O. The molecule has 0 aliphatic carbocycles. The molecule has 1 amide bonds. The van der Waals surface area contributed by atoms with E-state index in [4.69, 9.17) is 6.42 Å². The van der Waals surface area contributed by atoms with Crippen molar-refractivity contribution in [1.29, 1.82) is 0 Å². The van der Waals surface area contributed by atoms with E-state index in [0.717, 1.165) is 37.6 Å². The molecule has 0 saturated carbocycles. The summed E-state index contributed by atoms with van der Waals surface area (Å²) in [6, 6.07) is 7.22. The molecule has 1 aliphatic heterocycles. The van der Waals surface area contributed by atoms with Crippen LogP contribution in [0.25, 0.3) is 0 Å². The molecule has 1 atom stereocenters. The fourth-order valence-electron chi connectivity index (χ4n) is 3.34. The van der Waals surface area contributed by atoms with E-state index < -0.39 is 0 Å². The van der Waals surface area contributed by atoms with Gasteiger partial charge in [-0.3, -0.25) is 9.48 Å². The highest BCUT2D eigenvalue weighted by atomic mass is 16.1. The maximum absolute atomic E-state index is 12.3. The molecule has 1 aromatic heterocycles. The van der Waals surface area contributed by atoms with Crippen molar-refractivity contribution in [2.45, 2.75) is 19.3 Å². The Morgan fingerprint density at radius 2 is 2.32 bits per heavy atom. The van der Waals surface area contributed by atoms with Crippen molar-refractivity contribution >= 4 is 17.6 Å². The van der Waals surface area contributed by atoms with Gasteiger partial charge in [-0.2, -0.15) is 5.10 Å². The fourth-order valence-corrected chi connectivity index (χ4v) is 3.34. The molecule has 1 fully saturated rings. The van der Waals surface area contributed by atoms with Crippen LogP contribution in [0, 0.1) is 12.3 Å². The number of aromatic nitrogens is 2. The molecule has 146 valence electrons. The van der Waals surface area contributed by atoms with Gasteiger partial charge >= 0.3 is 0 Å². The van der Waals surface area contributed by atoms with E-state index in [-0.39, 0.29) is 12.5 Å². The van der Waals surface area contributed by atoms with Crippen LogP contribution in [-0.4, -0.2) is 52.7 Å². The number of carbonyl (C=O) groups is 1. The monoisotopic (exact) mass is 378 g/mol. The summed E-state index contributed by atoms with van der Waals surface area (Å²) in [5.41, 5.74) is 2.65. The van der Waals surface area contributed by atoms with Gasteiger partial charge in [-0.25, -0.2) is 4.99 Å². The van der Waals surface area contributed by atoms with Crippen molar-refractivity contribution in [2.75, 3.05) is 31.5 Å². The first kappa shape index (κ1) is 19.5. The summed E-state index contributed by atoms with van der Waals surface area (Å²) in [6.45, 7) is 4.59. The molecule has 2 N–H and O–H groups in total. The second-order valence-corrected chi connectivity index (χ2v) is 6.82. The maximum Gasteiger partial charge on any atom is 0.246 e. The average Bonchev–Trinajstić information content (AvgIpc) is 3.34. The zero-order chi connectivity index (χ0) is 19.9. The van der Waals surface area contributed by atoms with Crippen molar-refractivity contribution in [1.82, 2.24) is 20.0 Å². The Kier molecular flexibility index (Phi) is 6.33. The number of guanidine groups is 1. The van der Waals surface area contributed by atoms with E-state index in [1.165, 1.54) is 5.56 Å². The van der Waals surface area contributed by atoms with Crippen LogP contribution in [0.15, 0.2) is 41.7 Å². The molecule has 2 aromatic rings. The topological polar surface area (TPSA) is 74.6 Å². The Morgan fingerprint density at radius 1 is 1.46 bits per heavy atom. The first-order chi connectivity index (χ1) is 13.6. The lowest BCUT2D eigenvalue weighted by molar-refractivity contribution is -0.114. The lowest BCUT2D eigenvalue weighted by atomic mass is 10.0. The number of likely N-dealkylation sites (tertiary alicyclic amines) is 1. The van der Waals surface area contributed by atoms with Gasteiger partial charge in [0, 0.05) is 50.0 Å². The molecule has 2 heterocycles. The summed E-state index contributed by atoms with van der Waals surface area (Å²) >= 11 is 0. The predicted octanol–water partition coefficient (Wildman–Crippen LogP) is 1.79. The first-order valence-electron chi connectivity index (χ1n) is 9.47. The third kappa shape index (κ3) is 4.92. The van der Waals surface area contributed by atoms with Gasteiger partial charge in [-0.05, 0) is 37.1 Å². The number of nitrogens with one attached hydrogen (secondary N) is 2. The van der Waals surface area contributed by atoms with Gasteiger partial charge in [0.15, 0.2) is 5.96 Å². The Balaban J connectivity index is 1.60.